The summed E-state index contributed by atoms with van der Waals surface area (Å²) in [5, 5.41) is 18.9. The molecule has 0 aromatic heterocycles. The fourth-order valence-electron chi connectivity index (χ4n) is 2.48. The van der Waals surface area contributed by atoms with Gasteiger partial charge in [0, 0.05) is 18.6 Å². The summed E-state index contributed by atoms with van der Waals surface area (Å²) in [7, 11) is 0. The molecule has 2 N–H and O–H groups in total. The van der Waals surface area contributed by atoms with Crippen molar-refractivity contribution < 1.29 is 19.8 Å². The van der Waals surface area contributed by atoms with Crippen LogP contribution in [0.25, 0.3) is 0 Å². The van der Waals surface area contributed by atoms with Crippen molar-refractivity contribution >= 4 is 12.0 Å². The lowest BCUT2D eigenvalue weighted by atomic mass is 9.95. The predicted octanol–water partition coefficient (Wildman–Crippen LogP) is 1.53. The standard InChI is InChI=1S/C14H26N2O4/c1-13(2,3)16(9-6-11(17)18)12(19)15-8-5-7-14(4,20)10-15/h20H,5-10H2,1-4H3,(H,17,18). The summed E-state index contributed by atoms with van der Waals surface area (Å²) in [4.78, 5) is 26.5. The molecule has 20 heavy (non-hydrogen) atoms. The van der Waals surface area contributed by atoms with Crippen LogP contribution in [0.2, 0.25) is 0 Å². The van der Waals surface area contributed by atoms with Crippen molar-refractivity contribution in [3.8, 4) is 0 Å². The molecule has 0 aromatic carbocycles. The van der Waals surface area contributed by atoms with Gasteiger partial charge < -0.3 is 20.0 Å². The average Bonchev–Trinajstić information content (AvgIpc) is 2.25. The number of hydrogen-bond acceptors (Lipinski definition) is 3. The van der Waals surface area contributed by atoms with Crippen LogP contribution in [0.5, 0.6) is 0 Å². The van der Waals surface area contributed by atoms with E-state index in [2.05, 4.69) is 0 Å². The first-order chi connectivity index (χ1) is 9.03. The van der Waals surface area contributed by atoms with Crippen molar-refractivity contribution in [3.05, 3.63) is 0 Å². The Morgan fingerprint density at radius 2 is 1.95 bits per heavy atom. The molecule has 1 unspecified atom stereocenters. The quantitative estimate of drug-likeness (QED) is 0.824. The minimum atomic E-state index is -0.919. The Morgan fingerprint density at radius 1 is 1.35 bits per heavy atom. The van der Waals surface area contributed by atoms with Gasteiger partial charge in [0.1, 0.15) is 0 Å². The normalized spacial score (nSPS) is 23.6. The largest absolute Gasteiger partial charge is 0.481 e. The number of β-amino-alcohol motifs (C(OH)–C–C–N with tert-alkyl or cyclic N) is 1. The number of aliphatic carboxylic acids is 1. The van der Waals surface area contributed by atoms with Crippen LogP contribution >= 0.6 is 0 Å². The molecule has 0 aromatic rings. The molecule has 1 saturated heterocycles. The van der Waals surface area contributed by atoms with Crippen LogP contribution in [0.3, 0.4) is 0 Å². The lowest BCUT2D eigenvalue weighted by Gasteiger charge is -2.43. The fraction of sp³-hybridized carbons (Fsp3) is 0.857. The molecular weight excluding hydrogens is 260 g/mol. The van der Waals surface area contributed by atoms with Gasteiger partial charge in [-0.2, -0.15) is 0 Å². The number of carbonyl (C=O) groups excluding carboxylic acids is 1. The highest BCUT2D eigenvalue weighted by atomic mass is 16.4. The van der Waals surface area contributed by atoms with Gasteiger partial charge in [-0.05, 0) is 40.5 Å². The van der Waals surface area contributed by atoms with Crippen LogP contribution in [0, 0.1) is 0 Å². The number of hydrogen-bond donors (Lipinski definition) is 2. The third-order valence-corrected chi connectivity index (χ3v) is 3.54. The van der Waals surface area contributed by atoms with Crippen molar-refractivity contribution in [2.45, 2.75) is 58.1 Å². The van der Waals surface area contributed by atoms with Crippen LogP contribution in [-0.4, -0.2) is 62.8 Å². The zero-order valence-electron chi connectivity index (χ0n) is 12.8. The van der Waals surface area contributed by atoms with Crippen molar-refractivity contribution in [3.63, 3.8) is 0 Å². The Bertz CT molecular complexity index is 374. The van der Waals surface area contributed by atoms with Crippen LogP contribution in [0.4, 0.5) is 4.79 Å². The van der Waals surface area contributed by atoms with Crippen molar-refractivity contribution in [1.29, 1.82) is 0 Å². The van der Waals surface area contributed by atoms with E-state index in [4.69, 9.17) is 5.11 Å². The summed E-state index contributed by atoms with van der Waals surface area (Å²) < 4.78 is 0. The van der Waals surface area contributed by atoms with Crippen LogP contribution < -0.4 is 0 Å². The summed E-state index contributed by atoms with van der Waals surface area (Å²) in [5.74, 6) is -0.919. The third kappa shape index (κ3) is 4.67. The molecule has 0 saturated carbocycles. The van der Waals surface area contributed by atoms with Gasteiger partial charge in [0.2, 0.25) is 0 Å². The summed E-state index contributed by atoms with van der Waals surface area (Å²) in [6.07, 6.45) is 1.37. The molecule has 0 radical (unpaired) electrons. The van der Waals surface area contributed by atoms with Crippen LogP contribution in [0.15, 0.2) is 0 Å². The first kappa shape index (κ1) is 16.8. The zero-order valence-corrected chi connectivity index (χ0v) is 12.8. The summed E-state index contributed by atoms with van der Waals surface area (Å²) in [6.45, 7) is 8.46. The molecule has 1 aliphatic heterocycles. The smallest absolute Gasteiger partial charge is 0.320 e. The fourth-order valence-corrected chi connectivity index (χ4v) is 2.48. The topological polar surface area (TPSA) is 81.1 Å². The molecule has 1 atom stereocenters. The Morgan fingerprint density at radius 3 is 2.40 bits per heavy atom. The summed E-state index contributed by atoms with van der Waals surface area (Å²) in [5.41, 5.74) is -1.31. The number of likely N-dealkylation sites (tertiary alicyclic amines) is 1. The second-order valence-corrected chi connectivity index (χ2v) is 6.77. The highest BCUT2D eigenvalue weighted by molar-refractivity contribution is 5.76. The predicted molar refractivity (Wildman–Crippen MR) is 75.5 cm³/mol. The van der Waals surface area contributed by atoms with Crippen molar-refractivity contribution in [2.24, 2.45) is 0 Å². The van der Waals surface area contributed by atoms with E-state index in [1.165, 1.54) is 0 Å². The van der Waals surface area contributed by atoms with Gasteiger partial charge in [-0.25, -0.2) is 4.79 Å². The second kappa shape index (κ2) is 5.99. The maximum Gasteiger partial charge on any atom is 0.320 e. The number of rotatable bonds is 3. The lowest BCUT2D eigenvalue weighted by molar-refractivity contribution is -0.137. The number of carboxylic acids is 1. The second-order valence-electron chi connectivity index (χ2n) is 6.77. The molecule has 1 aliphatic rings. The first-order valence-electron chi connectivity index (χ1n) is 7.04. The van der Waals surface area contributed by atoms with Gasteiger partial charge in [0.15, 0.2) is 0 Å². The summed E-state index contributed by atoms with van der Waals surface area (Å²) in [6, 6.07) is -0.196. The van der Waals surface area contributed by atoms with E-state index in [0.29, 0.717) is 19.5 Å². The number of nitrogens with zero attached hydrogens (tertiary/aromatic N) is 2. The Balaban J connectivity index is 2.79. The molecule has 2 amide bonds. The van der Waals surface area contributed by atoms with E-state index in [1.54, 1.807) is 16.7 Å². The number of carbonyl (C=O) groups is 2. The van der Waals surface area contributed by atoms with Crippen LogP contribution in [0.1, 0.15) is 47.0 Å². The molecule has 1 rings (SSSR count). The SMILES string of the molecule is CC1(O)CCCN(C(=O)N(CCC(=O)O)C(C)(C)C)C1. The average molecular weight is 286 g/mol. The van der Waals surface area contributed by atoms with E-state index < -0.39 is 17.1 Å². The van der Waals surface area contributed by atoms with Crippen molar-refractivity contribution in [1.82, 2.24) is 9.80 Å². The Hall–Kier alpha value is -1.30. The number of carboxylic acid groups (broad SMARTS) is 1. The monoisotopic (exact) mass is 286 g/mol. The maximum atomic E-state index is 12.6. The zero-order chi connectivity index (χ0) is 15.6. The molecule has 1 heterocycles. The first-order valence-corrected chi connectivity index (χ1v) is 7.04. The van der Waals surface area contributed by atoms with Gasteiger partial charge in [-0.15, -0.1) is 0 Å². The van der Waals surface area contributed by atoms with Gasteiger partial charge in [0.25, 0.3) is 0 Å². The van der Waals surface area contributed by atoms with Gasteiger partial charge in [0.05, 0.1) is 18.6 Å². The van der Waals surface area contributed by atoms with Crippen LogP contribution in [-0.2, 0) is 4.79 Å². The van der Waals surface area contributed by atoms with Gasteiger partial charge in [-0.1, -0.05) is 0 Å². The van der Waals surface area contributed by atoms with E-state index in [-0.39, 0.29) is 19.0 Å². The summed E-state index contributed by atoms with van der Waals surface area (Å²) >= 11 is 0. The number of amides is 2. The highest BCUT2D eigenvalue weighted by Crippen LogP contribution is 2.24. The van der Waals surface area contributed by atoms with Gasteiger partial charge >= 0.3 is 12.0 Å². The molecule has 1 fully saturated rings. The molecule has 0 bridgehead atoms. The number of piperidine rings is 1. The molecule has 116 valence electrons. The van der Waals surface area contributed by atoms with E-state index >= 15 is 0 Å². The van der Waals surface area contributed by atoms with E-state index in [9.17, 15) is 14.7 Å². The lowest BCUT2D eigenvalue weighted by Crippen LogP contribution is -2.57. The maximum absolute atomic E-state index is 12.6. The van der Waals surface area contributed by atoms with Crippen molar-refractivity contribution in [2.75, 3.05) is 19.6 Å². The highest BCUT2D eigenvalue weighted by Gasteiger charge is 2.36. The molecular formula is C14H26N2O4. The van der Waals surface area contributed by atoms with Gasteiger partial charge in [-0.3, -0.25) is 4.79 Å². The van der Waals surface area contributed by atoms with E-state index in [0.717, 1.165) is 6.42 Å². The molecule has 0 aliphatic carbocycles. The Kier molecular flexibility index (Phi) is 5.02. The Labute approximate surface area is 120 Å². The number of urea groups is 1. The number of aliphatic hydroxyl groups is 1. The van der Waals surface area contributed by atoms with E-state index in [1.807, 2.05) is 20.8 Å². The molecule has 0 spiro atoms. The molecule has 6 nitrogen and oxygen atoms in total. The molecule has 6 heteroatoms. The minimum absolute atomic E-state index is 0.0761. The minimum Gasteiger partial charge on any atom is -0.481 e. The third-order valence-electron chi connectivity index (χ3n) is 3.54.